The second-order valence-corrected chi connectivity index (χ2v) is 7.53. The average molecular weight is 280 g/mol. The van der Waals surface area contributed by atoms with Gasteiger partial charge in [0, 0.05) is 19.1 Å². The van der Waals surface area contributed by atoms with Crippen LogP contribution in [0.15, 0.2) is 0 Å². The Morgan fingerprint density at radius 2 is 1.75 bits per heavy atom. The minimum atomic E-state index is 0.553. The normalized spacial score (nSPS) is 31.9. The molecule has 1 saturated heterocycles. The van der Waals surface area contributed by atoms with E-state index in [1.54, 1.807) is 0 Å². The van der Waals surface area contributed by atoms with E-state index in [2.05, 4.69) is 31.0 Å². The molecule has 2 unspecified atom stereocenters. The highest BCUT2D eigenvalue weighted by Gasteiger charge is 2.35. The van der Waals surface area contributed by atoms with Crippen molar-refractivity contribution in [3.8, 4) is 0 Å². The van der Waals surface area contributed by atoms with Crippen molar-refractivity contribution in [2.45, 2.75) is 78.2 Å². The molecule has 2 aliphatic rings. The highest BCUT2D eigenvalue weighted by atomic mass is 15.2. The lowest BCUT2D eigenvalue weighted by Crippen LogP contribution is -2.50. The Morgan fingerprint density at radius 1 is 1.05 bits per heavy atom. The Kier molecular flexibility index (Phi) is 6.35. The van der Waals surface area contributed by atoms with Crippen molar-refractivity contribution in [1.82, 2.24) is 10.2 Å². The number of hydrogen-bond acceptors (Lipinski definition) is 2. The van der Waals surface area contributed by atoms with E-state index in [9.17, 15) is 0 Å². The second kappa shape index (κ2) is 7.79. The molecule has 20 heavy (non-hydrogen) atoms. The molecule has 1 aliphatic carbocycles. The zero-order valence-corrected chi connectivity index (χ0v) is 14.1. The highest BCUT2D eigenvalue weighted by Crippen LogP contribution is 2.37. The van der Waals surface area contributed by atoms with E-state index < -0.39 is 0 Å². The van der Waals surface area contributed by atoms with E-state index in [1.807, 2.05) is 0 Å². The van der Waals surface area contributed by atoms with Crippen molar-refractivity contribution < 1.29 is 0 Å². The summed E-state index contributed by atoms with van der Waals surface area (Å²) in [6, 6.07) is 0.783. The molecule has 118 valence electrons. The summed E-state index contributed by atoms with van der Waals surface area (Å²) in [6.07, 6.45) is 11.5. The summed E-state index contributed by atoms with van der Waals surface area (Å²) in [6.45, 7) is 12.2. The topological polar surface area (TPSA) is 15.3 Å². The van der Waals surface area contributed by atoms with Crippen LogP contribution in [0.2, 0.25) is 0 Å². The van der Waals surface area contributed by atoms with Crippen molar-refractivity contribution >= 4 is 0 Å². The first-order valence-electron chi connectivity index (χ1n) is 9.12. The Hall–Kier alpha value is -0.0800. The monoisotopic (exact) mass is 280 g/mol. The maximum absolute atomic E-state index is 3.68. The molecule has 1 aliphatic heterocycles. The van der Waals surface area contributed by atoms with E-state index in [0.717, 1.165) is 18.5 Å². The van der Waals surface area contributed by atoms with Crippen LogP contribution in [0, 0.1) is 11.3 Å². The fourth-order valence-electron chi connectivity index (χ4n) is 4.33. The molecule has 0 aromatic heterocycles. The van der Waals surface area contributed by atoms with Gasteiger partial charge in [0.15, 0.2) is 0 Å². The van der Waals surface area contributed by atoms with Gasteiger partial charge in [-0.3, -0.25) is 4.90 Å². The minimum Gasteiger partial charge on any atom is -0.316 e. The lowest BCUT2D eigenvalue weighted by molar-refractivity contribution is 0.0509. The number of nitrogens with one attached hydrogen (secondary N) is 1. The van der Waals surface area contributed by atoms with Crippen LogP contribution in [0.25, 0.3) is 0 Å². The molecule has 2 fully saturated rings. The molecule has 1 heterocycles. The Balaban J connectivity index is 2.01. The number of nitrogens with zero attached hydrogens (tertiary/aromatic N) is 1. The van der Waals surface area contributed by atoms with Crippen LogP contribution in [0.1, 0.15) is 72.1 Å². The molecule has 0 aromatic rings. The number of piperidine rings is 1. The molecule has 0 amide bonds. The minimum absolute atomic E-state index is 0.553. The second-order valence-electron chi connectivity index (χ2n) is 7.53. The predicted octanol–water partition coefficient (Wildman–Crippen LogP) is 4.06. The summed E-state index contributed by atoms with van der Waals surface area (Å²) in [5, 5.41) is 3.68. The highest BCUT2D eigenvalue weighted by molar-refractivity contribution is 4.90. The van der Waals surface area contributed by atoms with Crippen molar-refractivity contribution in [3.63, 3.8) is 0 Å². The van der Waals surface area contributed by atoms with E-state index in [-0.39, 0.29) is 0 Å². The van der Waals surface area contributed by atoms with Gasteiger partial charge in [-0.25, -0.2) is 0 Å². The van der Waals surface area contributed by atoms with E-state index in [1.165, 1.54) is 71.0 Å². The molecule has 0 spiro atoms. The first kappa shape index (κ1) is 16.3. The van der Waals surface area contributed by atoms with Gasteiger partial charge in [0.2, 0.25) is 0 Å². The first-order chi connectivity index (χ1) is 9.67. The average Bonchev–Trinajstić information content (AvgIpc) is 2.68. The summed E-state index contributed by atoms with van der Waals surface area (Å²) in [4.78, 5) is 2.82. The van der Waals surface area contributed by atoms with Gasteiger partial charge in [-0.15, -0.1) is 0 Å². The van der Waals surface area contributed by atoms with E-state index >= 15 is 0 Å². The van der Waals surface area contributed by atoms with Crippen LogP contribution in [-0.4, -0.2) is 37.1 Å². The number of hydrogen-bond donors (Lipinski definition) is 1. The third kappa shape index (κ3) is 4.21. The summed E-state index contributed by atoms with van der Waals surface area (Å²) < 4.78 is 0. The van der Waals surface area contributed by atoms with Crippen molar-refractivity contribution in [3.05, 3.63) is 0 Å². The summed E-state index contributed by atoms with van der Waals surface area (Å²) >= 11 is 0. The molecule has 1 saturated carbocycles. The molecule has 2 heteroatoms. The molecule has 0 bridgehead atoms. The quantitative estimate of drug-likeness (QED) is 0.764. The zero-order chi connectivity index (χ0) is 14.4. The lowest BCUT2D eigenvalue weighted by atomic mass is 9.78. The molecule has 2 rings (SSSR count). The maximum Gasteiger partial charge on any atom is 0.00928 e. The third-order valence-electron chi connectivity index (χ3n) is 5.96. The van der Waals surface area contributed by atoms with Gasteiger partial charge in [0.25, 0.3) is 0 Å². The van der Waals surface area contributed by atoms with Crippen molar-refractivity contribution in [1.29, 1.82) is 0 Å². The van der Waals surface area contributed by atoms with Gasteiger partial charge >= 0.3 is 0 Å². The molecular formula is C18H36N2. The van der Waals surface area contributed by atoms with Gasteiger partial charge in [-0.05, 0) is 57.0 Å². The Bertz CT molecular complexity index is 269. The van der Waals surface area contributed by atoms with Gasteiger partial charge in [-0.1, -0.05) is 39.5 Å². The van der Waals surface area contributed by atoms with Gasteiger partial charge in [-0.2, -0.15) is 0 Å². The SMILES string of the molecule is CCNCC1(CN2CCCC(C)C2C)CCCCCC1. The molecular weight excluding hydrogens is 244 g/mol. The summed E-state index contributed by atoms with van der Waals surface area (Å²) in [7, 11) is 0. The van der Waals surface area contributed by atoms with Crippen LogP contribution in [0.5, 0.6) is 0 Å². The van der Waals surface area contributed by atoms with Crippen LogP contribution >= 0.6 is 0 Å². The van der Waals surface area contributed by atoms with Crippen molar-refractivity contribution in [2.24, 2.45) is 11.3 Å². The van der Waals surface area contributed by atoms with Gasteiger partial charge in [0.05, 0.1) is 0 Å². The Morgan fingerprint density at radius 3 is 2.40 bits per heavy atom. The summed E-state index contributed by atoms with van der Waals surface area (Å²) in [5.74, 6) is 0.880. The smallest absolute Gasteiger partial charge is 0.00928 e. The van der Waals surface area contributed by atoms with Crippen LogP contribution in [0.4, 0.5) is 0 Å². The van der Waals surface area contributed by atoms with Gasteiger partial charge < -0.3 is 5.32 Å². The fourth-order valence-corrected chi connectivity index (χ4v) is 4.33. The van der Waals surface area contributed by atoms with Gasteiger partial charge in [0.1, 0.15) is 0 Å². The summed E-state index contributed by atoms with van der Waals surface area (Å²) in [5.41, 5.74) is 0.553. The van der Waals surface area contributed by atoms with Crippen LogP contribution in [-0.2, 0) is 0 Å². The van der Waals surface area contributed by atoms with Crippen molar-refractivity contribution in [2.75, 3.05) is 26.2 Å². The largest absolute Gasteiger partial charge is 0.316 e. The number of rotatable bonds is 5. The molecule has 0 radical (unpaired) electrons. The molecule has 0 aromatic carbocycles. The first-order valence-corrected chi connectivity index (χ1v) is 9.12. The van der Waals surface area contributed by atoms with Crippen LogP contribution in [0.3, 0.4) is 0 Å². The number of likely N-dealkylation sites (tertiary alicyclic amines) is 1. The predicted molar refractivity (Wildman–Crippen MR) is 88.1 cm³/mol. The fraction of sp³-hybridized carbons (Fsp3) is 1.00. The van der Waals surface area contributed by atoms with Crippen LogP contribution < -0.4 is 5.32 Å². The molecule has 2 nitrogen and oxygen atoms in total. The molecule has 2 atom stereocenters. The standard InChI is InChI=1S/C18H36N2/c1-4-19-14-18(11-7-5-6-8-12-18)15-20-13-9-10-16(2)17(20)3/h16-17,19H,4-15H2,1-3H3. The van der Waals surface area contributed by atoms with E-state index in [4.69, 9.17) is 0 Å². The zero-order valence-electron chi connectivity index (χ0n) is 14.1. The van der Waals surface area contributed by atoms with E-state index in [0.29, 0.717) is 5.41 Å². The molecule has 1 N–H and O–H groups in total. The maximum atomic E-state index is 3.68. The third-order valence-corrected chi connectivity index (χ3v) is 5.96. The lowest BCUT2D eigenvalue weighted by Gasteiger charge is -2.45. The Labute approximate surface area is 126 Å².